The lowest BCUT2D eigenvalue weighted by Gasteiger charge is -2.20. The van der Waals surface area contributed by atoms with Crippen LogP contribution in [0.3, 0.4) is 0 Å². The van der Waals surface area contributed by atoms with Gasteiger partial charge in [0.25, 0.3) is 0 Å². The highest BCUT2D eigenvalue weighted by Gasteiger charge is 2.16. The molecule has 0 spiro atoms. The molecule has 1 saturated carbocycles. The summed E-state index contributed by atoms with van der Waals surface area (Å²) in [6.07, 6.45) is 11.8. The van der Waals surface area contributed by atoms with E-state index in [2.05, 4.69) is 35.7 Å². The second-order valence-electron chi connectivity index (χ2n) is 5.64. The van der Waals surface area contributed by atoms with Gasteiger partial charge in [-0.15, -0.1) is 0 Å². The van der Waals surface area contributed by atoms with Crippen molar-refractivity contribution in [2.24, 2.45) is 0 Å². The van der Waals surface area contributed by atoms with Crippen LogP contribution in [0, 0.1) is 0 Å². The van der Waals surface area contributed by atoms with E-state index in [1.54, 1.807) is 0 Å². The van der Waals surface area contributed by atoms with Gasteiger partial charge in [-0.1, -0.05) is 0 Å². The third-order valence-electron chi connectivity index (χ3n) is 4.02. The van der Waals surface area contributed by atoms with Gasteiger partial charge in [0.1, 0.15) is 11.9 Å². The van der Waals surface area contributed by atoms with Crippen molar-refractivity contribution in [3.05, 3.63) is 36.6 Å². The lowest BCUT2D eigenvalue weighted by molar-refractivity contribution is 0.135. The molecule has 1 atom stereocenters. The van der Waals surface area contributed by atoms with E-state index in [0.717, 1.165) is 30.8 Å². The van der Waals surface area contributed by atoms with Crippen LogP contribution >= 0.6 is 0 Å². The number of allylic oxidation sites excluding steroid dienone is 1. The molecule has 108 valence electrons. The molecule has 1 heterocycles. The Kier molecular flexibility index (Phi) is 4.46. The molecule has 0 radical (unpaired) electrons. The highest BCUT2D eigenvalue weighted by atomic mass is 16.5. The first kappa shape index (κ1) is 13.3. The normalized spacial score (nSPS) is 22.5. The van der Waals surface area contributed by atoms with E-state index in [-0.39, 0.29) is 6.10 Å². The van der Waals surface area contributed by atoms with Crippen molar-refractivity contribution in [2.45, 2.75) is 50.7 Å². The number of hydrogen-bond acceptors (Lipinski definition) is 3. The molecular formula is C17H23NO2. The molecule has 1 fully saturated rings. The van der Waals surface area contributed by atoms with E-state index in [4.69, 9.17) is 9.47 Å². The van der Waals surface area contributed by atoms with E-state index >= 15 is 0 Å². The minimum absolute atomic E-state index is 0.286. The SMILES string of the molecule is C1=COC(CNc2ccc(OC3CCCC3)cc2)CC1. The van der Waals surface area contributed by atoms with Crippen molar-refractivity contribution >= 4 is 5.69 Å². The van der Waals surface area contributed by atoms with E-state index in [9.17, 15) is 0 Å². The smallest absolute Gasteiger partial charge is 0.119 e. The number of benzene rings is 1. The van der Waals surface area contributed by atoms with E-state index in [1.165, 1.54) is 25.7 Å². The van der Waals surface area contributed by atoms with Gasteiger partial charge in [-0.2, -0.15) is 0 Å². The Hall–Kier alpha value is -1.64. The first-order chi connectivity index (χ1) is 9.90. The fraction of sp³-hybridized carbons (Fsp3) is 0.529. The van der Waals surface area contributed by atoms with Gasteiger partial charge in [0, 0.05) is 5.69 Å². The van der Waals surface area contributed by atoms with Crippen LogP contribution in [-0.4, -0.2) is 18.8 Å². The van der Waals surface area contributed by atoms with Gasteiger partial charge in [-0.05, 0) is 68.9 Å². The molecule has 20 heavy (non-hydrogen) atoms. The molecule has 0 bridgehead atoms. The third kappa shape index (κ3) is 3.69. The summed E-state index contributed by atoms with van der Waals surface area (Å²) in [7, 11) is 0. The zero-order valence-corrected chi connectivity index (χ0v) is 11.9. The van der Waals surface area contributed by atoms with Crippen LogP contribution in [0.5, 0.6) is 5.75 Å². The van der Waals surface area contributed by atoms with Crippen LogP contribution in [0.1, 0.15) is 38.5 Å². The van der Waals surface area contributed by atoms with Crippen LogP contribution in [0.2, 0.25) is 0 Å². The van der Waals surface area contributed by atoms with Gasteiger partial charge >= 0.3 is 0 Å². The van der Waals surface area contributed by atoms with Crippen molar-refractivity contribution in [1.29, 1.82) is 0 Å². The van der Waals surface area contributed by atoms with Gasteiger partial charge in [0.2, 0.25) is 0 Å². The molecule has 1 aromatic rings. The highest BCUT2D eigenvalue weighted by molar-refractivity contribution is 5.46. The van der Waals surface area contributed by atoms with Crippen molar-refractivity contribution in [3.63, 3.8) is 0 Å². The number of nitrogens with one attached hydrogen (secondary N) is 1. The largest absolute Gasteiger partial charge is 0.497 e. The van der Waals surface area contributed by atoms with Crippen molar-refractivity contribution in [2.75, 3.05) is 11.9 Å². The zero-order chi connectivity index (χ0) is 13.6. The summed E-state index contributed by atoms with van der Waals surface area (Å²) in [5, 5.41) is 3.42. The molecule has 3 nitrogen and oxygen atoms in total. The maximum atomic E-state index is 5.96. The maximum absolute atomic E-state index is 5.96. The molecule has 1 aromatic carbocycles. The molecule has 1 aliphatic carbocycles. The second kappa shape index (κ2) is 6.69. The standard InChI is InChI=1S/C17H23NO2/c1-2-6-15(5-1)20-16-10-8-14(9-11-16)18-13-17-7-3-4-12-19-17/h4,8-12,15,17-18H,1-3,5-7,13H2. The number of ether oxygens (including phenoxy) is 2. The fourth-order valence-electron chi connectivity index (χ4n) is 2.82. The Labute approximate surface area is 121 Å². The molecular weight excluding hydrogens is 250 g/mol. The van der Waals surface area contributed by atoms with Crippen LogP contribution in [-0.2, 0) is 4.74 Å². The first-order valence-electron chi connectivity index (χ1n) is 7.71. The number of anilines is 1. The molecule has 3 rings (SSSR count). The number of hydrogen-bond donors (Lipinski definition) is 1. The summed E-state index contributed by atoms with van der Waals surface area (Å²) in [5.41, 5.74) is 1.13. The van der Waals surface area contributed by atoms with Gasteiger partial charge in [-0.3, -0.25) is 0 Å². The molecule has 0 saturated heterocycles. The Morgan fingerprint density at radius 1 is 1.10 bits per heavy atom. The molecule has 0 amide bonds. The van der Waals surface area contributed by atoms with E-state index in [0.29, 0.717) is 6.10 Å². The van der Waals surface area contributed by atoms with Crippen molar-refractivity contribution < 1.29 is 9.47 Å². The Bertz CT molecular complexity index is 435. The van der Waals surface area contributed by atoms with Crippen LogP contribution in [0.15, 0.2) is 36.6 Å². The van der Waals surface area contributed by atoms with Crippen molar-refractivity contribution in [3.8, 4) is 5.75 Å². The van der Waals surface area contributed by atoms with E-state index < -0.39 is 0 Å². The topological polar surface area (TPSA) is 30.5 Å². The lowest BCUT2D eigenvalue weighted by Crippen LogP contribution is -2.22. The van der Waals surface area contributed by atoms with Gasteiger partial charge in [-0.25, -0.2) is 0 Å². The summed E-state index contributed by atoms with van der Waals surface area (Å²) in [5.74, 6) is 0.985. The summed E-state index contributed by atoms with van der Waals surface area (Å²) >= 11 is 0. The Balaban J connectivity index is 1.46. The van der Waals surface area contributed by atoms with Crippen molar-refractivity contribution in [1.82, 2.24) is 0 Å². The van der Waals surface area contributed by atoms with Gasteiger partial charge in [0.15, 0.2) is 0 Å². The van der Waals surface area contributed by atoms with Gasteiger partial charge < -0.3 is 14.8 Å². The zero-order valence-electron chi connectivity index (χ0n) is 11.9. The van der Waals surface area contributed by atoms with Gasteiger partial charge in [0.05, 0.1) is 18.9 Å². The van der Waals surface area contributed by atoms with Crippen LogP contribution in [0.4, 0.5) is 5.69 Å². The van der Waals surface area contributed by atoms with E-state index in [1.807, 2.05) is 6.26 Å². The third-order valence-corrected chi connectivity index (χ3v) is 4.02. The quantitative estimate of drug-likeness (QED) is 0.875. The Morgan fingerprint density at radius 2 is 1.90 bits per heavy atom. The minimum atomic E-state index is 0.286. The monoisotopic (exact) mass is 273 g/mol. The summed E-state index contributed by atoms with van der Waals surface area (Å²) in [6, 6.07) is 8.29. The predicted octanol–water partition coefficient (Wildman–Crippen LogP) is 4.11. The lowest BCUT2D eigenvalue weighted by atomic mass is 10.1. The van der Waals surface area contributed by atoms with Crippen LogP contribution < -0.4 is 10.1 Å². The minimum Gasteiger partial charge on any atom is -0.497 e. The van der Waals surface area contributed by atoms with Crippen LogP contribution in [0.25, 0.3) is 0 Å². The number of rotatable bonds is 5. The molecule has 3 heteroatoms. The molecule has 2 aliphatic rings. The highest BCUT2D eigenvalue weighted by Crippen LogP contribution is 2.25. The molecule has 1 N–H and O–H groups in total. The molecule has 1 unspecified atom stereocenters. The maximum Gasteiger partial charge on any atom is 0.119 e. The summed E-state index contributed by atoms with van der Waals surface area (Å²) < 4.78 is 11.5. The predicted molar refractivity (Wildman–Crippen MR) is 81.1 cm³/mol. The average Bonchev–Trinajstić information content (AvgIpc) is 3.01. The summed E-state index contributed by atoms with van der Waals surface area (Å²) in [4.78, 5) is 0. The first-order valence-corrected chi connectivity index (χ1v) is 7.71. The summed E-state index contributed by atoms with van der Waals surface area (Å²) in [6.45, 7) is 0.854. The fourth-order valence-corrected chi connectivity index (χ4v) is 2.82. The molecule has 0 aromatic heterocycles. The second-order valence-corrected chi connectivity index (χ2v) is 5.64. The Morgan fingerprint density at radius 3 is 2.60 bits per heavy atom. The average molecular weight is 273 g/mol. The molecule has 1 aliphatic heterocycles.